The van der Waals surface area contributed by atoms with Gasteiger partial charge in [0.25, 0.3) is 5.91 Å². The summed E-state index contributed by atoms with van der Waals surface area (Å²) < 4.78 is 5.42. The summed E-state index contributed by atoms with van der Waals surface area (Å²) in [5.41, 5.74) is 6.00. The Labute approximate surface area is 107 Å². The van der Waals surface area contributed by atoms with Crippen LogP contribution in [-0.4, -0.2) is 29.9 Å². The lowest BCUT2D eigenvalue weighted by Crippen LogP contribution is -2.32. The lowest BCUT2D eigenvalue weighted by atomic mass is 9.79. The van der Waals surface area contributed by atoms with Gasteiger partial charge in [0.1, 0.15) is 5.76 Å². The van der Waals surface area contributed by atoms with Gasteiger partial charge in [-0.1, -0.05) is 0 Å². The van der Waals surface area contributed by atoms with Crippen LogP contribution in [0.15, 0.2) is 16.5 Å². The Morgan fingerprint density at radius 3 is 2.83 bits per heavy atom. The molecule has 98 valence electrons. The first kappa shape index (κ1) is 11.8. The molecule has 1 saturated heterocycles. The average Bonchev–Trinajstić information content (AvgIpc) is 2.93. The first-order chi connectivity index (χ1) is 8.63. The van der Waals surface area contributed by atoms with E-state index in [0.29, 0.717) is 23.6 Å². The van der Waals surface area contributed by atoms with Crippen LogP contribution in [0.2, 0.25) is 0 Å². The first-order valence-electron chi connectivity index (χ1n) is 6.75. The number of furan rings is 1. The number of rotatable bonds is 1. The maximum atomic E-state index is 12.3. The third-order valence-electron chi connectivity index (χ3n) is 4.33. The zero-order valence-corrected chi connectivity index (χ0v) is 10.8. The molecular weight excluding hydrogens is 228 g/mol. The standard InChI is InChI=1S/C14H20N2O2/c1-9-2-5-13(18-9)14(17)16-7-10-3-4-12(15)6-11(10)8-16/h2,5,10-12H,3-4,6-8,15H2,1H3/t10-,11+,12?/m0/s1. The summed E-state index contributed by atoms with van der Waals surface area (Å²) >= 11 is 0. The van der Waals surface area contributed by atoms with E-state index in [-0.39, 0.29) is 5.91 Å². The molecule has 2 N–H and O–H groups in total. The number of hydrogen-bond acceptors (Lipinski definition) is 3. The van der Waals surface area contributed by atoms with Gasteiger partial charge in [0.05, 0.1) is 0 Å². The smallest absolute Gasteiger partial charge is 0.289 e. The van der Waals surface area contributed by atoms with Crippen LogP contribution in [0.1, 0.15) is 35.6 Å². The van der Waals surface area contributed by atoms with Gasteiger partial charge in [-0.2, -0.15) is 0 Å². The molecule has 1 aromatic heterocycles. The predicted molar refractivity (Wildman–Crippen MR) is 68.2 cm³/mol. The molecular formula is C14H20N2O2. The van der Waals surface area contributed by atoms with Crippen LogP contribution in [0, 0.1) is 18.8 Å². The van der Waals surface area contributed by atoms with Crippen molar-refractivity contribution in [1.82, 2.24) is 4.90 Å². The summed E-state index contributed by atoms with van der Waals surface area (Å²) in [5.74, 6) is 2.53. The second kappa shape index (κ2) is 4.43. The Kier molecular flexibility index (Phi) is 2.90. The molecule has 1 aliphatic carbocycles. The molecule has 2 aliphatic rings. The van der Waals surface area contributed by atoms with Gasteiger partial charge in [0.15, 0.2) is 5.76 Å². The molecule has 2 heterocycles. The van der Waals surface area contributed by atoms with Crippen LogP contribution in [0.3, 0.4) is 0 Å². The van der Waals surface area contributed by atoms with Crippen molar-refractivity contribution in [3.8, 4) is 0 Å². The summed E-state index contributed by atoms with van der Waals surface area (Å²) in [7, 11) is 0. The fourth-order valence-corrected chi connectivity index (χ4v) is 3.34. The number of likely N-dealkylation sites (tertiary alicyclic amines) is 1. The molecule has 1 aliphatic heterocycles. The quantitative estimate of drug-likeness (QED) is 0.824. The van der Waals surface area contributed by atoms with Gasteiger partial charge >= 0.3 is 0 Å². The van der Waals surface area contributed by atoms with Crippen LogP contribution >= 0.6 is 0 Å². The van der Waals surface area contributed by atoms with Gasteiger partial charge < -0.3 is 15.1 Å². The Balaban J connectivity index is 1.70. The highest BCUT2D eigenvalue weighted by atomic mass is 16.3. The Morgan fingerprint density at radius 1 is 1.33 bits per heavy atom. The van der Waals surface area contributed by atoms with Crippen molar-refractivity contribution in [2.24, 2.45) is 17.6 Å². The van der Waals surface area contributed by atoms with E-state index in [4.69, 9.17) is 10.2 Å². The molecule has 4 heteroatoms. The molecule has 1 amide bonds. The van der Waals surface area contributed by atoms with E-state index in [1.807, 2.05) is 17.9 Å². The molecule has 0 spiro atoms. The molecule has 0 aromatic carbocycles. The Morgan fingerprint density at radius 2 is 2.11 bits per heavy atom. The van der Waals surface area contributed by atoms with E-state index >= 15 is 0 Å². The molecule has 2 fully saturated rings. The summed E-state index contributed by atoms with van der Waals surface area (Å²) in [4.78, 5) is 14.2. The second-order valence-electron chi connectivity index (χ2n) is 5.71. The maximum absolute atomic E-state index is 12.3. The minimum Gasteiger partial charge on any atom is -0.456 e. The number of aryl methyl sites for hydroxylation is 1. The lowest BCUT2D eigenvalue weighted by Gasteiger charge is -2.27. The molecule has 0 bridgehead atoms. The van der Waals surface area contributed by atoms with Crippen LogP contribution < -0.4 is 5.73 Å². The number of nitrogens with two attached hydrogens (primary N) is 1. The predicted octanol–water partition coefficient (Wildman–Crippen LogP) is 1.79. The van der Waals surface area contributed by atoms with E-state index in [1.165, 1.54) is 0 Å². The van der Waals surface area contributed by atoms with Crippen molar-refractivity contribution in [3.05, 3.63) is 23.7 Å². The molecule has 3 rings (SSSR count). The van der Waals surface area contributed by atoms with E-state index in [0.717, 1.165) is 38.1 Å². The highest BCUT2D eigenvalue weighted by Crippen LogP contribution is 2.36. The first-order valence-corrected chi connectivity index (χ1v) is 6.75. The minimum absolute atomic E-state index is 0.0334. The molecule has 1 saturated carbocycles. The summed E-state index contributed by atoms with van der Waals surface area (Å²) in [5, 5.41) is 0. The van der Waals surface area contributed by atoms with E-state index < -0.39 is 0 Å². The molecule has 18 heavy (non-hydrogen) atoms. The fourth-order valence-electron chi connectivity index (χ4n) is 3.34. The molecule has 1 unspecified atom stereocenters. The Bertz CT molecular complexity index is 454. The van der Waals surface area contributed by atoms with E-state index in [2.05, 4.69) is 0 Å². The van der Waals surface area contributed by atoms with Gasteiger partial charge in [0.2, 0.25) is 0 Å². The van der Waals surface area contributed by atoms with Crippen LogP contribution in [-0.2, 0) is 0 Å². The highest BCUT2D eigenvalue weighted by Gasteiger charge is 2.39. The fraction of sp³-hybridized carbons (Fsp3) is 0.643. The number of carbonyl (C=O) groups excluding carboxylic acids is 1. The van der Waals surface area contributed by atoms with Gasteiger partial charge in [-0.25, -0.2) is 0 Å². The zero-order valence-electron chi connectivity index (χ0n) is 10.8. The normalized spacial score (nSPS) is 31.4. The number of nitrogens with zero attached hydrogens (tertiary/aromatic N) is 1. The van der Waals surface area contributed by atoms with Crippen molar-refractivity contribution >= 4 is 5.91 Å². The highest BCUT2D eigenvalue weighted by molar-refractivity contribution is 5.91. The molecule has 0 radical (unpaired) electrons. The maximum Gasteiger partial charge on any atom is 0.289 e. The van der Waals surface area contributed by atoms with Crippen LogP contribution in [0.4, 0.5) is 0 Å². The largest absolute Gasteiger partial charge is 0.456 e. The topological polar surface area (TPSA) is 59.5 Å². The third-order valence-corrected chi connectivity index (χ3v) is 4.33. The average molecular weight is 248 g/mol. The minimum atomic E-state index is 0.0334. The van der Waals surface area contributed by atoms with Crippen molar-refractivity contribution in [2.45, 2.75) is 32.2 Å². The Hall–Kier alpha value is -1.29. The summed E-state index contributed by atoms with van der Waals surface area (Å²) in [6, 6.07) is 3.93. The third kappa shape index (κ3) is 2.05. The van der Waals surface area contributed by atoms with Crippen molar-refractivity contribution < 1.29 is 9.21 Å². The van der Waals surface area contributed by atoms with Crippen LogP contribution in [0.25, 0.3) is 0 Å². The summed E-state index contributed by atoms with van der Waals surface area (Å²) in [6.07, 6.45) is 3.32. The number of hydrogen-bond donors (Lipinski definition) is 1. The van der Waals surface area contributed by atoms with Crippen molar-refractivity contribution in [2.75, 3.05) is 13.1 Å². The van der Waals surface area contributed by atoms with E-state index in [9.17, 15) is 4.79 Å². The van der Waals surface area contributed by atoms with Gasteiger partial charge in [0, 0.05) is 19.1 Å². The van der Waals surface area contributed by atoms with E-state index in [1.54, 1.807) is 6.07 Å². The molecule has 1 aromatic rings. The monoisotopic (exact) mass is 248 g/mol. The zero-order chi connectivity index (χ0) is 12.7. The lowest BCUT2D eigenvalue weighted by molar-refractivity contribution is 0.0751. The van der Waals surface area contributed by atoms with Gasteiger partial charge in [-0.05, 0) is 50.2 Å². The number of carbonyl (C=O) groups is 1. The van der Waals surface area contributed by atoms with Crippen LogP contribution in [0.5, 0.6) is 0 Å². The van der Waals surface area contributed by atoms with Crippen molar-refractivity contribution in [3.63, 3.8) is 0 Å². The number of fused-ring (bicyclic) bond motifs is 1. The molecule has 3 atom stereocenters. The van der Waals surface area contributed by atoms with Gasteiger partial charge in [-0.15, -0.1) is 0 Å². The number of amides is 1. The van der Waals surface area contributed by atoms with Crippen molar-refractivity contribution in [1.29, 1.82) is 0 Å². The SMILES string of the molecule is Cc1ccc(C(=O)N2C[C@H]3CC(N)CC[C@H]3C2)o1. The molecule has 4 nitrogen and oxygen atoms in total. The van der Waals surface area contributed by atoms with Gasteiger partial charge in [-0.3, -0.25) is 4.79 Å². The summed E-state index contributed by atoms with van der Waals surface area (Å²) in [6.45, 7) is 3.58. The second-order valence-corrected chi connectivity index (χ2v) is 5.71.